The summed E-state index contributed by atoms with van der Waals surface area (Å²) in [5, 5.41) is 20.4. The van der Waals surface area contributed by atoms with Gasteiger partial charge in [0.05, 0.1) is 12.3 Å². The molecule has 3 N–H and O–H groups in total. The molecule has 0 saturated carbocycles. The molecule has 5 heteroatoms. The number of nitrogens with zero attached hydrogens (tertiary/aromatic N) is 1. The zero-order valence-corrected chi connectivity index (χ0v) is 9.84. The minimum absolute atomic E-state index is 0.434. The molecule has 2 heterocycles. The van der Waals surface area contributed by atoms with Gasteiger partial charge >= 0.3 is 0 Å². The van der Waals surface area contributed by atoms with E-state index < -0.39 is 5.60 Å². The van der Waals surface area contributed by atoms with Crippen molar-refractivity contribution in [3.05, 3.63) is 17.0 Å². The van der Waals surface area contributed by atoms with E-state index in [0.717, 1.165) is 17.9 Å². The molecule has 1 unspecified atom stereocenters. The Balaban J connectivity index is 1.84. The van der Waals surface area contributed by atoms with Crippen molar-refractivity contribution in [1.82, 2.24) is 15.5 Å². The van der Waals surface area contributed by atoms with Crippen molar-refractivity contribution in [2.75, 3.05) is 19.8 Å². The second kappa shape index (κ2) is 4.53. The molecule has 1 aliphatic rings. The highest BCUT2D eigenvalue weighted by Gasteiger charge is 2.31. The molecule has 0 radical (unpaired) electrons. The number of aryl methyl sites for hydroxylation is 2. The molecule has 16 heavy (non-hydrogen) atoms. The number of rotatable bonds is 4. The van der Waals surface area contributed by atoms with Gasteiger partial charge in [0.25, 0.3) is 0 Å². The van der Waals surface area contributed by atoms with E-state index in [2.05, 4.69) is 15.5 Å². The van der Waals surface area contributed by atoms with Gasteiger partial charge in [0, 0.05) is 37.4 Å². The van der Waals surface area contributed by atoms with Crippen LogP contribution in [-0.4, -0.2) is 40.7 Å². The van der Waals surface area contributed by atoms with Gasteiger partial charge in [-0.2, -0.15) is 5.10 Å². The van der Waals surface area contributed by atoms with Crippen LogP contribution in [0.15, 0.2) is 0 Å². The van der Waals surface area contributed by atoms with Crippen LogP contribution in [0.1, 0.15) is 23.4 Å². The third kappa shape index (κ3) is 2.42. The number of hydrogen-bond donors (Lipinski definition) is 3. The summed E-state index contributed by atoms with van der Waals surface area (Å²) in [6, 6.07) is 0. The van der Waals surface area contributed by atoms with Crippen LogP contribution < -0.4 is 5.32 Å². The Kier molecular flexibility index (Phi) is 3.28. The highest BCUT2D eigenvalue weighted by atomic mass is 16.5. The standard InChI is InChI=1S/C11H19N3O2/c1-8-10(9(2)14-13-8)5-12-6-11(15)3-4-16-7-11/h12,15H,3-7H2,1-2H3,(H,13,14). The first-order chi connectivity index (χ1) is 7.61. The lowest BCUT2D eigenvalue weighted by Crippen LogP contribution is -2.40. The van der Waals surface area contributed by atoms with Crippen LogP contribution in [0.25, 0.3) is 0 Å². The van der Waals surface area contributed by atoms with Crippen LogP contribution >= 0.6 is 0 Å². The van der Waals surface area contributed by atoms with E-state index in [9.17, 15) is 5.11 Å². The van der Waals surface area contributed by atoms with Crippen molar-refractivity contribution in [3.63, 3.8) is 0 Å². The molecule has 0 amide bonds. The first-order valence-corrected chi connectivity index (χ1v) is 5.62. The molecule has 2 rings (SSSR count). The summed E-state index contributed by atoms with van der Waals surface area (Å²) >= 11 is 0. The maximum absolute atomic E-state index is 10.0. The minimum Gasteiger partial charge on any atom is -0.386 e. The Bertz CT molecular complexity index is 337. The van der Waals surface area contributed by atoms with Gasteiger partial charge in [0.15, 0.2) is 0 Å². The molecule has 1 aliphatic heterocycles. The molecule has 0 aliphatic carbocycles. The van der Waals surface area contributed by atoms with Gasteiger partial charge in [-0.15, -0.1) is 0 Å². The summed E-state index contributed by atoms with van der Waals surface area (Å²) < 4.78 is 5.19. The van der Waals surface area contributed by atoms with E-state index >= 15 is 0 Å². The molecular formula is C11H19N3O2. The average molecular weight is 225 g/mol. The van der Waals surface area contributed by atoms with Crippen LogP contribution in [0, 0.1) is 13.8 Å². The molecule has 1 fully saturated rings. The zero-order valence-electron chi connectivity index (χ0n) is 9.84. The number of nitrogens with one attached hydrogen (secondary N) is 2. The normalized spacial score (nSPS) is 25.2. The van der Waals surface area contributed by atoms with Gasteiger partial charge < -0.3 is 15.2 Å². The molecule has 5 nitrogen and oxygen atoms in total. The Morgan fingerprint density at radius 2 is 2.38 bits per heavy atom. The molecule has 1 atom stereocenters. The number of ether oxygens (including phenoxy) is 1. The van der Waals surface area contributed by atoms with Crippen molar-refractivity contribution in [2.24, 2.45) is 0 Å². The quantitative estimate of drug-likeness (QED) is 0.688. The maximum atomic E-state index is 10.0. The summed E-state index contributed by atoms with van der Waals surface area (Å²) in [5.41, 5.74) is 2.59. The highest BCUT2D eigenvalue weighted by Crippen LogP contribution is 2.17. The van der Waals surface area contributed by atoms with E-state index in [1.165, 1.54) is 5.56 Å². The second-order valence-electron chi connectivity index (χ2n) is 4.54. The smallest absolute Gasteiger partial charge is 0.102 e. The fourth-order valence-electron chi connectivity index (χ4n) is 1.99. The Labute approximate surface area is 95.2 Å². The lowest BCUT2D eigenvalue weighted by Gasteiger charge is -2.20. The van der Waals surface area contributed by atoms with Crippen molar-refractivity contribution in [3.8, 4) is 0 Å². The molecule has 90 valence electrons. The van der Waals surface area contributed by atoms with Crippen LogP contribution in [0.5, 0.6) is 0 Å². The van der Waals surface area contributed by atoms with Crippen LogP contribution in [0.4, 0.5) is 0 Å². The van der Waals surface area contributed by atoms with E-state index in [-0.39, 0.29) is 0 Å². The Hall–Kier alpha value is -0.910. The molecule has 0 spiro atoms. The predicted octanol–water partition coefficient (Wildman–Crippen LogP) is 0.268. The monoisotopic (exact) mass is 225 g/mol. The molecule has 1 aromatic heterocycles. The van der Waals surface area contributed by atoms with Gasteiger partial charge in [0.1, 0.15) is 5.60 Å². The number of aliphatic hydroxyl groups is 1. The number of aromatic amines is 1. The third-order valence-electron chi connectivity index (χ3n) is 3.12. The zero-order chi connectivity index (χ0) is 11.6. The van der Waals surface area contributed by atoms with Crippen molar-refractivity contribution in [2.45, 2.75) is 32.4 Å². The average Bonchev–Trinajstić information content (AvgIpc) is 2.79. The third-order valence-corrected chi connectivity index (χ3v) is 3.12. The van der Waals surface area contributed by atoms with Gasteiger partial charge in [-0.1, -0.05) is 0 Å². The van der Waals surface area contributed by atoms with E-state index in [1.54, 1.807) is 0 Å². The summed E-state index contributed by atoms with van der Waals surface area (Å²) in [7, 11) is 0. The van der Waals surface area contributed by atoms with Crippen molar-refractivity contribution >= 4 is 0 Å². The molecule has 0 bridgehead atoms. The largest absolute Gasteiger partial charge is 0.386 e. The van der Waals surface area contributed by atoms with Gasteiger partial charge in [0.2, 0.25) is 0 Å². The van der Waals surface area contributed by atoms with Crippen molar-refractivity contribution < 1.29 is 9.84 Å². The van der Waals surface area contributed by atoms with Gasteiger partial charge in [-0.05, 0) is 13.8 Å². The van der Waals surface area contributed by atoms with Crippen LogP contribution in [-0.2, 0) is 11.3 Å². The van der Waals surface area contributed by atoms with Gasteiger partial charge in [-0.3, -0.25) is 5.10 Å². The minimum atomic E-state index is -0.689. The lowest BCUT2D eigenvalue weighted by atomic mass is 10.0. The fourth-order valence-corrected chi connectivity index (χ4v) is 1.99. The van der Waals surface area contributed by atoms with Crippen molar-refractivity contribution in [1.29, 1.82) is 0 Å². The number of hydrogen-bond acceptors (Lipinski definition) is 4. The second-order valence-corrected chi connectivity index (χ2v) is 4.54. The fraction of sp³-hybridized carbons (Fsp3) is 0.727. The van der Waals surface area contributed by atoms with E-state index in [1.807, 2.05) is 13.8 Å². The molecule has 1 aromatic rings. The summed E-state index contributed by atoms with van der Waals surface area (Å²) in [6.07, 6.45) is 0.712. The maximum Gasteiger partial charge on any atom is 0.102 e. The van der Waals surface area contributed by atoms with E-state index in [4.69, 9.17) is 4.74 Å². The van der Waals surface area contributed by atoms with E-state index in [0.29, 0.717) is 26.2 Å². The summed E-state index contributed by atoms with van der Waals surface area (Å²) in [5.74, 6) is 0. The highest BCUT2D eigenvalue weighted by molar-refractivity contribution is 5.22. The summed E-state index contributed by atoms with van der Waals surface area (Å²) in [6.45, 7) is 6.37. The summed E-state index contributed by atoms with van der Waals surface area (Å²) in [4.78, 5) is 0. The first kappa shape index (κ1) is 11.6. The SMILES string of the molecule is Cc1n[nH]c(C)c1CNCC1(O)CCOC1. The number of H-pyrrole nitrogens is 1. The first-order valence-electron chi connectivity index (χ1n) is 5.62. The van der Waals surface area contributed by atoms with Crippen LogP contribution in [0.3, 0.4) is 0 Å². The predicted molar refractivity (Wildman–Crippen MR) is 60.2 cm³/mol. The topological polar surface area (TPSA) is 70.2 Å². The molecular weight excluding hydrogens is 206 g/mol. The molecule has 1 saturated heterocycles. The van der Waals surface area contributed by atoms with Crippen LogP contribution in [0.2, 0.25) is 0 Å². The lowest BCUT2D eigenvalue weighted by molar-refractivity contribution is 0.0268. The number of aromatic nitrogens is 2. The molecule has 0 aromatic carbocycles. The Morgan fingerprint density at radius 1 is 1.56 bits per heavy atom. The van der Waals surface area contributed by atoms with Gasteiger partial charge in [-0.25, -0.2) is 0 Å². The Morgan fingerprint density at radius 3 is 2.94 bits per heavy atom.